The van der Waals surface area contributed by atoms with Crippen LogP contribution in [0.4, 0.5) is 0 Å². The Labute approximate surface area is 115 Å². The van der Waals surface area contributed by atoms with Gasteiger partial charge in [0.1, 0.15) is 4.88 Å². The van der Waals surface area contributed by atoms with Gasteiger partial charge in [0.15, 0.2) is 11.5 Å². The molecule has 4 nitrogen and oxygen atoms in total. The van der Waals surface area contributed by atoms with Gasteiger partial charge in [0.05, 0.1) is 14.2 Å². The molecule has 2 aromatic rings. The number of thiophene rings is 1. The molecule has 1 N–H and O–H groups in total. The summed E-state index contributed by atoms with van der Waals surface area (Å²) in [7, 11) is 3.15. The van der Waals surface area contributed by atoms with Gasteiger partial charge < -0.3 is 14.6 Å². The molecule has 100 valence electrons. The molecule has 0 atom stereocenters. The van der Waals surface area contributed by atoms with Gasteiger partial charge in [0, 0.05) is 4.88 Å². The molecule has 1 heterocycles. The first-order valence-electron chi connectivity index (χ1n) is 5.63. The first-order chi connectivity index (χ1) is 9.06. The van der Waals surface area contributed by atoms with Crippen molar-refractivity contribution in [3.8, 4) is 21.9 Å². The zero-order chi connectivity index (χ0) is 14.0. The van der Waals surface area contributed by atoms with Crippen LogP contribution in [0.1, 0.15) is 15.2 Å². The summed E-state index contributed by atoms with van der Waals surface area (Å²) < 4.78 is 10.4. The van der Waals surface area contributed by atoms with Crippen molar-refractivity contribution in [2.45, 2.75) is 6.92 Å². The van der Waals surface area contributed by atoms with Gasteiger partial charge in [0.2, 0.25) is 0 Å². The predicted molar refractivity (Wildman–Crippen MR) is 74.6 cm³/mol. The molecule has 0 fully saturated rings. The Hall–Kier alpha value is -2.01. The van der Waals surface area contributed by atoms with E-state index in [1.807, 2.05) is 25.1 Å². The third-order valence-corrected chi connectivity index (χ3v) is 4.05. The average Bonchev–Trinajstić information content (AvgIpc) is 2.80. The number of carboxylic acid groups (broad SMARTS) is 1. The lowest BCUT2D eigenvalue weighted by atomic mass is 10.1. The molecule has 1 aromatic heterocycles. The van der Waals surface area contributed by atoms with Crippen LogP contribution in [0.25, 0.3) is 10.4 Å². The van der Waals surface area contributed by atoms with Crippen molar-refractivity contribution in [3.63, 3.8) is 0 Å². The Morgan fingerprint density at radius 2 is 1.84 bits per heavy atom. The molecule has 1 aromatic carbocycles. The van der Waals surface area contributed by atoms with Crippen molar-refractivity contribution in [2.75, 3.05) is 14.2 Å². The Balaban J connectivity index is 2.50. The fourth-order valence-corrected chi connectivity index (χ4v) is 2.86. The minimum Gasteiger partial charge on any atom is -0.493 e. The summed E-state index contributed by atoms with van der Waals surface area (Å²) in [4.78, 5) is 12.3. The first kappa shape index (κ1) is 13.4. The zero-order valence-corrected chi connectivity index (χ0v) is 11.7. The van der Waals surface area contributed by atoms with E-state index in [-0.39, 0.29) is 0 Å². The molecule has 0 radical (unpaired) electrons. The Kier molecular flexibility index (Phi) is 3.76. The van der Waals surface area contributed by atoms with Crippen LogP contribution in [0.3, 0.4) is 0 Å². The van der Waals surface area contributed by atoms with Crippen LogP contribution in [0.15, 0.2) is 24.3 Å². The Bertz CT molecular complexity index is 616. The molecular weight excluding hydrogens is 264 g/mol. The number of carbonyl (C=O) groups is 1. The largest absolute Gasteiger partial charge is 0.493 e. The molecule has 0 amide bonds. The van der Waals surface area contributed by atoms with Crippen LogP contribution in [-0.2, 0) is 0 Å². The Morgan fingerprint density at radius 3 is 2.37 bits per heavy atom. The molecule has 0 aliphatic carbocycles. The standard InChI is InChI=1S/C14H14O4S/c1-8-6-12(14(15)16)19-13(8)9-4-5-10(17-2)11(7-9)18-3/h4-7H,1-3H3,(H,15,16). The number of carboxylic acids is 1. The highest BCUT2D eigenvalue weighted by molar-refractivity contribution is 7.17. The highest BCUT2D eigenvalue weighted by Crippen LogP contribution is 2.37. The molecule has 2 rings (SSSR count). The number of benzene rings is 1. The van der Waals surface area contributed by atoms with E-state index in [1.54, 1.807) is 20.3 Å². The van der Waals surface area contributed by atoms with E-state index in [4.69, 9.17) is 14.6 Å². The molecule has 0 saturated carbocycles. The van der Waals surface area contributed by atoms with Crippen LogP contribution in [0.2, 0.25) is 0 Å². The van der Waals surface area contributed by atoms with Crippen molar-refractivity contribution < 1.29 is 19.4 Å². The van der Waals surface area contributed by atoms with Crippen LogP contribution in [0, 0.1) is 6.92 Å². The predicted octanol–water partition coefficient (Wildman–Crippen LogP) is 3.44. The van der Waals surface area contributed by atoms with Gasteiger partial charge >= 0.3 is 5.97 Å². The van der Waals surface area contributed by atoms with E-state index < -0.39 is 5.97 Å². The number of ether oxygens (including phenoxy) is 2. The van der Waals surface area contributed by atoms with Crippen LogP contribution in [0.5, 0.6) is 11.5 Å². The maximum Gasteiger partial charge on any atom is 0.345 e. The molecule has 0 aliphatic rings. The number of hydrogen-bond donors (Lipinski definition) is 1. The molecule has 0 unspecified atom stereocenters. The maximum absolute atomic E-state index is 11.0. The first-order valence-corrected chi connectivity index (χ1v) is 6.44. The summed E-state index contributed by atoms with van der Waals surface area (Å²) in [5, 5.41) is 9.02. The van der Waals surface area contributed by atoms with Crippen LogP contribution in [-0.4, -0.2) is 25.3 Å². The number of methoxy groups -OCH3 is 2. The van der Waals surface area contributed by atoms with Gasteiger partial charge in [-0.3, -0.25) is 0 Å². The lowest BCUT2D eigenvalue weighted by Gasteiger charge is -2.09. The van der Waals surface area contributed by atoms with Gasteiger partial charge in [-0.15, -0.1) is 11.3 Å². The molecular formula is C14H14O4S. The van der Waals surface area contributed by atoms with Gasteiger partial charge in [-0.05, 0) is 42.3 Å². The van der Waals surface area contributed by atoms with Crippen molar-refractivity contribution in [3.05, 3.63) is 34.7 Å². The highest BCUT2D eigenvalue weighted by atomic mass is 32.1. The van der Waals surface area contributed by atoms with E-state index in [1.165, 1.54) is 11.3 Å². The van der Waals surface area contributed by atoms with Gasteiger partial charge in [0.25, 0.3) is 0 Å². The second-order valence-electron chi connectivity index (χ2n) is 4.00. The summed E-state index contributed by atoms with van der Waals surface area (Å²) in [6.07, 6.45) is 0. The third kappa shape index (κ3) is 2.56. The van der Waals surface area contributed by atoms with Crippen LogP contribution < -0.4 is 9.47 Å². The number of rotatable bonds is 4. The minimum absolute atomic E-state index is 0.335. The summed E-state index contributed by atoms with van der Waals surface area (Å²) in [6, 6.07) is 7.24. The van der Waals surface area contributed by atoms with E-state index in [2.05, 4.69) is 0 Å². The molecule has 19 heavy (non-hydrogen) atoms. The van der Waals surface area contributed by atoms with Crippen molar-refractivity contribution in [2.24, 2.45) is 0 Å². The van der Waals surface area contributed by atoms with Crippen molar-refractivity contribution >= 4 is 17.3 Å². The number of aryl methyl sites for hydroxylation is 1. The molecule has 0 aliphatic heterocycles. The summed E-state index contributed by atoms with van der Waals surface area (Å²) in [6.45, 7) is 1.90. The van der Waals surface area contributed by atoms with Crippen molar-refractivity contribution in [1.82, 2.24) is 0 Å². The molecule has 0 saturated heterocycles. The lowest BCUT2D eigenvalue weighted by Crippen LogP contribution is -1.90. The van der Waals surface area contributed by atoms with E-state index in [0.29, 0.717) is 16.4 Å². The van der Waals surface area contributed by atoms with Crippen molar-refractivity contribution in [1.29, 1.82) is 0 Å². The molecule has 0 bridgehead atoms. The van der Waals surface area contributed by atoms with Gasteiger partial charge in [-0.2, -0.15) is 0 Å². The molecule has 5 heteroatoms. The fourth-order valence-electron chi connectivity index (χ4n) is 1.85. The van der Waals surface area contributed by atoms with E-state index in [9.17, 15) is 4.79 Å². The minimum atomic E-state index is -0.903. The monoisotopic (exact) mass is 278 g/mol. The second kappa shape index (κ2) is 5.32. The smallest absolute Gasteiger partial charge is 0.345 e. The Morgan fingerprint density at radius 1 is 1.16 bits per heavy atom. The van der Waals surface area contributed by atoms with Gasteiger partial charge in [-0.1, -0.05) is 0 Å². The van der Waals surface area contributed by atoms with E-state index in [0.717, 1.165) is 16.0 Å². The second-order valence-corrected chi connectivity index (χ2v) is 5.05. The zero-order valence-electron chi connectivity index (χ0n) is 10.9. The topological polar surface area (TPSA) is 55.8 Å². The number of hydrogen-bond acceptors (Lipinski definition) is 4. The lowest BCUT2D eigenvalue weighted by molar-refractivity contribution is 0.0702. The number of aromatic carboxylic acids is 1. The van der Waals surface area contributed by atoms with E-state index >= 15 is 0 Å². The van der Waals surface area contributed by atoms with Gasteiger partial charge in [-0.25, -0.2) is 4.79 Å². The maximum atomic E-state index is 11.0. The summed E-state index contributed by atoms with van der Waals surface area (Å²) in [5.74, 6) is 0.378. The normalized spacial score (nSPS) is 10.3. The summed E-state index contributed by atoms with van der Waals surface area (Å²) >= 11 is 1.26. The summed E-state index contributed by atoms with van der Waals surface area (Å²) in [5.41, 5.74) is 1.86. The third-order valence-electron chi connectivity index (χ3n) is 2.77. The van der Waals surface area contributed by atoms with Crippen LogP contribution >= 0.6 is 11.3 Å². The fraction of sp³-hybridized carbons (Fsp3) is 0.214. The molecule has 0 spiro atoms. The quantitative estimate of drug-likeness (QED) is 0.930. The highest BCUT2D eigenvalue weighted by Gasteiger charge is 2.14. The average molecular weight is 278 g/mol. The SMILES string of the molecule is COc1ccc(-c2sc(C(=O)O)cc2C)cc1OC.